The third-order valence-corrected chi connectivity index (χ3v) is 5.15. The highest BCUT2D eigenvalue weighted by atomic mass is 16.5. The quantitative estimate of drug-likeness (QED) is 0.373. The van der Waals surface area contributed by atoms with Crippen LogP contribution in [-0.4, -0.2) is 30.5 Å². The van der Waals surface area contributed by atoms with Gasteiger partial charge in [-0.3, -0.25) is 9.59 Å². The van der Waals surface area contributed by atoms with Crippen LogP contribution in [0.1, 0.15) is 28.2 Å². The first-order chi connectivity index (χ1) is 15.0. The average molecular weight is 417 g/mol. The molecule has 158 valence electrons. The van der Waals surface area contributed by atoms with Gasteiger partial charge in [-0.1, -0.05) is 47.6 Å². The molecule has 0 spiro atoms. The summed E-state index contributed by atoms with van der Waals surface area (Å²) in [6.07, 6.45) is 4.07. The van der Waals surface area contributed by atoms with E-state index in [4.69, 9.17) is 15.0 Å². The lowest BCUT2D eigenvalue weighted by Crippen LogP contribution is -2.32. The Labute approximate surface area is 180 Å². The van der Waals surface area contributed by atoms with Crippen LogP contribution in [0.25, 0.3) is 0 Å². The van der Waals surface area contributed by atoms with Gasteiger partial charge in [0.25, 0.3) is 0 Å². The summed E-state index contributed by atoms with van der Waals surface area (Å²) >= 11 is 0. The predicted octanol–water partition coefficient (Wildman–Crippen LogP) is 3.65. The second kappa shape index (κ2) is 8.87. The third-order valence-electron chi connectivity index (χ3n) is 5.15. The van der Waals surface area contributed by atoms with Crippen LogP contribution >= 0.6 is 0 Å². The fraction of sp³-hybridized carbons (Fsp3) is 0.208. The maximum Gasteiger partial charge on any atom is 0.237 e. The van der Waals surface area contributed by atoms with Crippen molar-refractivity contribution in [3.05, 3.63) is 83.8 Å². The van der Waals surface area contributed by atoms with Gasteiger partial charge in [-0.15, -0.1) is 0 Å². The molecular formula is C24H23N3O4. The number of carbonyl (C=O) groups is 2. The normalized spacial score (nSPS) is 16.1. The Balaban J connectivity index is 1.37. The van der Waals surface area contributed by atoms with Crippen molar-refractivity contribution in [3.63, 3.8) is 0 Å². The summed E-state index contributed by atoms with van der Waals surface area (Å²) in [4.78, 5) is 26.8. The number of nitrogens with zero attached hydrogens (tertiary/aromatic N) is 2. The molecule has 7 nitrogen and oxygen atoms in total. The van der Waals surface area contributed by atoms with Crippen molar-refractivity contribution in [2.45, 2.75) is 12.8 Å². The summed E-state index contributed by atoms with van der Waals surface area (Å²) in [6, 6.07) is 16.7. The molecule has 0 unspecified atom stereocenters. The van der Waals surface area contributed by atoms with Crippen LogP contribution in [0.3, 0.4) is 0 Å². The van der Waals surface area contributed by atoms with Gasteiger partial charge in [0.1, 0.15) is 23.8 Å². The van der Waals surface area contributed by atoms with E-state index in [1.54, 1.807) is 43.5 Å². The van der Waals surface area contributed by atoms with E-state index in [2.05, 4.69) is 5.16 Å². The first-order valence-electron chi connectivity index (χ1n) is 10.0. The van der Waals surface area contributed by atoms with Crippen molar-refractivity contribution < 1.29 is 18.8 Å². The molecule has 7 heteroatoms. The number of nitrogen functional groups attached to an aromatic ring is 1. The number of carbonyl (C=O) groups excluding carboxylic acids is 2. The zero-order valence-corrected chi connectivity index (χ0v) is 17.2. The number of hydrogen-bond donors (Lipinski definition) is 1. The minimum Gasteiger partial charge on any atom is -0.490 e. The minimum atomic E-state index is -0.502. The number of rotatable bonds is 6. The van der Waals surface area contributed by atoms with Crippen LogP contribution in [0.2, 0.25) is 0 Å². The Hall–Kier alpha value is -3.87. The molecule has 1 atom stereocenters. The topological polar surface area (TPSA) is 98.7 Å². The number of Topliss-reactive ketones (excluding diaryl/α,β-unsaturated/α-hetero) is 1. The highest BCUT2D eigenvalue weighted by molar-refractivity contribution is 5.98. The molecule has 1 amide bonds. The van der Waals surface area contributed by atoms with Crippen molar-refractivity contribution in [1.82, 2.24) is 5.16 Å². The van der Waals surface area contributed by atoms with Gasteiger partial charge >= 0.3 is 0 Å². The predicted molar refractivity (Wildman–Crippen MR) is 117 cm³/mol. The number of ketones is 1. The number of anilines is 2. The standard InChI is InChI=1S/C24H23N3O4/c1-27-21-13-18(25)10-11-23(21)30-15-17(24(27)29)8-5-9-22(28)20-14-19(31-26-20)12-16-6-3-2-4-7-16/h2-8,10-11,13-14,17H,9,12,15,25H2,1H3/b8-5+/t17-/m0/s1. The van der Waals surface area contributed by atoms with Gasteiger partial charge in [0.05, 0.1) is 11.6 Å². The Kier molecular flexibility index (Phi) is 5.84. The van der Waals surface area contributed by atoms with Crippen molar-refractivity contribution in [2.24, 2.45) is 5.92 Å². The zero-order chi connectivity index (χ0) is 21.8. The highest BCUT2D eigenvalue weighted by Crippen LogP contribution is 2.33. The van der Waals surface area contributed by atoms with Gasteiger partial charge in [-0.2, -0.15) is 0 Å². The number of aromatic nitrogens is 1. The van der Waals surface area contributed by atoms with Crippen molar-refractivity contribution in [3.8, 4) is 5.75 Å². The van der Waals surface area contributed by atoms with Gasteiger partial charge in [0.2, 0.25) is 5.91 Å². The maximum absolute atomic E-state index is 12.8. The summed E-state index contributed by atoms with van der Waals surface area (Å²) in [6.45, 7) is 0.190. The molecule has 1 aliphatic heterocycles. The van der Waals surface area contributed by atoms with E-state index in [0.29, 0.717) is 29.3 Å². The van der Waals surface area contributed by atoms with E-state index >= 15 is 0 Å². The zero-order valence-electron chi connectivity index (χ0n) is 17.2. The lowest BCUT2D eigenvalue weighted by molar-refractivity contribution is -0.121. The molecule has 1 aliphatic rings. The number of nitrogens with two attached hydrogens (primary N) is 1. The van der Waals surface area contributed by atoms with Gasteiger partial charge in [-0.05, 0) is 23.8 Å². The molecule has 2 heterocycles. The van der Waals surface area contributed by atoms with E-state index in [1.165, 1.54) is 4.90 Å². The summed E-state index contributed by atoms with van der Waals surface area (Å²) in [5.41, 5.74) is 8.37. The molecule has 2 N–H and O–H groups in total. The number of hydrogen-bond acceptors (Lipinski definition) is 6. The first kappa shape index (κ1) is 20.4. The Morgan fingerprint density at radius 1 is 1.23 bits per heavy atom. The van der Waals surface area contributed by atoms with Gasteiger partial charge in [-0.25, -0.2) is 0 Å². The molecule has 0 aliphatic carbocycles. The molecule has 0 saturated carbocycles. The molecule has 31 heavy (non-hydrogen) atoms. The van der Waals surface area contributed by atoms with E-state index in [9.17, 15) is 9.59 Å². The molecule has 0 fully saturated rings. The smallest absolute Gasteiger partial charge is 0.237 e. The lowest BCUT2D eigenvalue weighted by Gasteiger charge is -2.18. The van der Waals surface area contributed by atoms with Crippen LogP contribution in [-0.2, 0) is 11.2 Å². The van der Waals surface area contributed by atoms with Crippen LogP contribution in [0.15, 0.2) is 71.3 Å². The number of benzene rings is 2. The van der Waals surface area contributed by atoms with Gasteiger partial charge in [0, 0.05) is 31.6 Å². The number of amides is 1. The first-order valence-corrected chi connectivity index (χ1v) is 10.0. The largest absolute Gasteiger partial charge is 0.490 e. The van der Waals surface area contributed by atoms with Gasteiger partial charge in [0.15, 0.2) is 5.78 Å². The van der Waals surface area contributed by atoms with Crippen LogP contribution in [0, 0.1) is 5.92 Å². The summed E-state index contributed by atoms with van der Waals surface area (Å²) in [7, 11) is 1.69. The number of ether oxygens (including phenoxy) is 1. The van der Waals surface area contributed by atoms with Crippen molar-refractivity contribution >= 4 is 23.1 Å². The minimum absolute atomic E-state index is 0.116. The molecule has 2 aromatic carbocycles. The van der Waals surface area contributed by atoms with E-state index in [-0.39, 0.29) is 30.4 Å². The van der Waals surface area contributed by atoms with E-state index in [0.717, 1.165) is 5.56 Å². The molecule has 4 rings (SSSR count). The van der Waals surface area contributed by atoms with Crippen molar-refractivity contribution in [2.75, 3.05) is 24.3 Å². The second-order valence-electron chi connectivity index (χ2n) is 7.44. The van der Waals surface area contributed by atoms with Crippen molar-refractivity contribution in [1.29, 1.82) is 0 Å². The Morgan fingerprint density at radius 3 is 2.84 bits per heavy atom. The molecule has 0 bridgehead atoms. The van der Waals surface area contributed by atoms with Crippen LogP contribution in [0.5, 0.6) is 5.75 Å². The van der Waals surface area contributed by atoms with Crippen LogP contribution < -0.4 is 15.4 Å². The number of allylic oxidation sites excluding steroid dienone is 1. The Morgan fingerprint density at radius 2 is 2.03 bits per heavy atom. The highest BCUT2D eigenvalue weighted by Gasteiger charge is 2.27. The van der Waals surface area contributed by atoms with Crippen LogP contribution in [0.4, 0.5) is 11.4 Å². The molecule has 3 aromatic rings. The molecule has 0 radical (unpaired) electrons. The fourth-order valence-electron chi connectivity index (χ4n) is 3.44. The summed E-state index contributed by atoms with van der Waals surface area (Å²) < 4.78 is 11.1. The molecule has 0 saturated heterocycles. The molecule has 1 aromatic heterocycles. The van der Waals surface area contributed by atoms with Gasteiger partial charge < -0.3 is 19.9 Å². The SMILES string of the molecule is CN1C(=O)[C@@H](/C=C/CC(=O)c2cc(Cc3ccccc3)on2)COc2ccc(N)cc21. The average Bonchev–Trinajstić information content (AvgIpc) is 3.20. The number of fused-ring (bicyclic) bond motifs is 1. The lowest BCUT2D eigenvalue weighted by atomic mass is 10.1. The summed E-state index contributed by atoms with van der Waals surface area (Å²) in [5.74, 6) is 0.429. The monoisotopic (exact) mass is 417 g/mol. The Bertz CT molecular complexity index is 1120. The summed E-state index contributed by atoms with van der Waals surface area (Å²) in [5, 5.41) is 3.88. The van der Waals surface area contributed by atoms with E-state index < -0.39 is 5.92 Å². The van der Waals surface area contributed by atoms with E-state index in [1.807, 2.05) is 30.3 Å². The molecular weight excluding hydrogens is 394 g/mol. The second-order valence-corrected chi connectivity index (χ2v) is 7.44. The fourth-order valence-corrected chi connectivity index (χ4v) is 3.44. The maximum atomic E-state index is 12.8. The third kappa shape index (κ3) is 4.66.